The van der Waals surface area contributed by atoms with Crippen molar-refractivity contribution in [2.45, 2.75) is 56.5 Å². The van der Waals surface area contributed by atoms with Crippen LogP contribution in [0.4, 0.5) is 10.5 Å². The molecule has 0 unspecified atom stereocenters. The SMILES string of the molecule is COCCN1CCCc2cc3c(c(CI)c21)CCN(C(=O)OC(C)(C)C)CC3. The molecule has 28 heavy (non-hydrogen) atoms. The molecule has 0 aromatic heterocycles. The van der Waals surface area contributed by atoms with E-state index in [0.717, 1.165) is 56.5 Å². The molecule has 2 aliphatic rings. The molecule has 0 aliphatic carbocycles. The van der Waals surface area contributed by atoms with Crippen molar-refractivity contribution in [1.29, 1.82) is 0 Å². The van der Waals surface area contributed by atoms with Crippen LogP contribution in [0.5, 0.6) is 0 Å². The van der Waals surface area contributed by atoms with Crippen LogP contribution in [-0.2, 0) is 33.2 Å². The number of amides is 1. The van der Waals surface area contributed by atoms with E-state index in [9.17, 15) is 4.79 Å². The lowest BCUT2D eigenvalue weighted by molar-refractivity contribution is 0.0258. The Bertz CT molecular complexity index is 715. The number of aryl methyl sites for hydroxylation is 1. The van der Waals surface area contributed by atoms with Gasteiger partial charge in [0.15, 0.2) is 0 Å². The highest BCUT2D eigenvalue weighted by Gasteiger charge is 2.28. The first-order chi connectivity index (χ1) is 13.3. The van der Waals surface area contributed by atoms with E-state index in [4.69, 9.17) is 9.47 Å². The number of ether oxygens (including phenoxy) is 2. The Balaban J connectivity index is 1.87. The molecule has 0 bridgehead atoms. The number of hydrogen-bond donors (Lipinski definition) is 0. The van der Waals surface area contributed by atoms with Crippen molar-refractivity contribution in [2.75, 3.05) is 44.8 Å². The van der Waals surface area contributed by atoms with E-state index in [0.29, 0.717) is 0 Å². The molecule has 0 atom stereocenters. The Hall–Kier alpha value is -1.02. The highest BCUT2D eigenvalue weighted by molar-refractivity contribution is 14.1. The van der Waals surface area contributed by atoms with Crippen molar-refractivity contribution in [3.05, 3.63) is 28.3 Å². The van der Waals surface area contributed by atoms with E-state index >= 15 is 0 Å². The molecule has 0 N–H and O–H groups in total. The number of benzene rings is 1. The van der Waals surface area contributed by atoms with Crippen molar-refractivity contribution < 1.29 is 14.3 Å². The summed E-state index contributed by atoms with van der Waals surface area (Å²) in [7, 11) is 1.77. The Morgan fingerprint density at radius 3 is 2.57 bits per heavy atom. The second kappa shape index (κ2) is 9.20. The molecule has 3 rings (SSSR count). The van der Waals surface area contributed by atoms with Crippen LogP contribution in [-0.4, -0.2) is 56.5 Å². The Morgan fingerprint density at radius 1 is 1.14 bits per heavy atom. The number of methoxy groups -OCH3 is 1. The van der Waals surface area contributed by atoms with Crippen LogP contribution in [0.15, 0.2) is 6.07 Å². The maximum Gasteiger partial charge on any atom is 0.410 e. The first-order valence-corrected chi connectivity index (χ1v) is 11.8. The fourth-order valence-electron chi connectivity index (χ4n) is 4.28. The van der Waals surface area contributed by atoms with Crippen LogP contribution >= 0.6 is 22.6 Å². The molecule has 6 heteroatoms. The molecule has 0 radical (unpaired) electrons. The number of hydrogen-bond acceptors (Lipinski definition) is 4. The molecule has 0 spiro atoms. The monoisotopic (exact) mass is 500 g/mol. The van der Waals surface area contributed by atoms with Gasteiger partial charge in [0.25, 0.3) is 0 Å². The largest absolute Gasteiger partial charge is 0.444 e. The summed E-state index contributed by atoms with van der Waals surface area (Å²) < 4.78 is 12.0. The number of rotatable bonds is 4. The third kappa shape index (κ3) is 4.93. The predicted octanol–water partition coefficient (Wildman–Crippen LogP) is 4.36. The van der Waals surface area contributed by atoms with Gasteiger partial charge in [0, 0.05) is 43.4 Å². The van der Waals surface area contributed by atoms with E-state index < -0.39 is 5.60 Å². The number of nitrogens with zero attached hydrogens (tertiary/aromatic N) is 2. The van der Waals surface area contributed by atoms with E-state index in [-0.39, 0.29) is 6.09 Å². The minimum absolute atomic E-state index is 0.192. The summed E-state index contributed by atoms with van der Waals surface area (Å²) in [4.78, 5) is 17.0. The van der Waals surface area contributed by atoms with Gasteiger partial charge in [0.1, 0.15) is 5.60 Å². The van der Waals surface area contributed by atoms with E-state index in [1.165, 1.54) is 34.4 Å². The third-order valence-electron chi connectivity index (χ3n) is 5.51. The molecule has 0 saturated heterocycles. The van der Waals surface area contributed by atoms with Crippen molar-refractivity contribution in [1.82, 2.24) is 4.90 Å². The minimum atomic E-state index is -0.454. The topological polar surface area (TPSA) is 42.0 Å². The normalized spacial score (nSPS) is 17.0. The van der Waals surface area contributed by atoms with Crippen molar-refractivity contribution in [2.24, 2.45) is 0 Å². The molecule has 5 nitrogen and oxygen atoms in total. The summed E-state index contributed by atoms with van der Waals surface area (Å²) in [5.41, 5.74) is 6.79. The first-order valence-electron chi connectivity index (χ1n) is 10.3. The zero-order valence-electron chi connectivity index (χ0n) is 17.6. The lowest BCUT2D eigenvalue weighted by atomic mass is 9.89. The zero-order valence-corrected chi connectivity index (χ0v) is 19.8. The van der Waals surface area contributed by atoms with Crippen LogP contribution in [0.2, 0.25) is 0 Å². The highest BCUT2D eigenvalue weighted by Crippen LogP contribution is 2.38. The van der Waals surface area contributed by atoms with E-state index in [1.54, 1.807) is 7.11 Å². The number of carbonyl (C=O) groups excluding carboxylic acids is 1. The average molecular weight is 500 g/mol. The van der Waals surface area contributed by atoms with Gasteiger partial charge in [-0.1, -0.05) is 28.7 Å². The van der Waals surface area contributed by atoms with Gasteiger partial charge in [-0.05, 0) is 68.7 Å². The van der Waals surface area contributed by atoms with Gasteiger partial charge in [0.05, 0.1) is 6.61 Å². The maximum atomic E-state index is 12.6. The van der Waals surface area contributed by atoms with Crippen LogP contribution in [0, 0.1) is 0 Å². The Morgan fingerprint density at radius 2 is 1.89 bits per heavy atom. The molecule has 0 saturated carbocycles. The Labute approximate surface area is 182 Å². The molecule has 2 heterocycles. The number of halogens is 1. The second-order valence-electron chi connectivity index (χ2n) is 8.68. The molecule has 0 fully saturated rings. The molecular formula is C22H33IN2O3. The lowest BCUT2D eigenvalue weighted by Crippen LogP contribution is -2.38. The summed E-state index contributed by atoms with van der Waals surface area (Å²) in [6, 6.07) is 2.41. The molecule has 1 aromatic carbocycles. The van der Waals surface area contributed by atoms with Crippen molar-refractivity contribution >= 4 is 34.4 Å². The van der Waals surface area contributed by atoms with Crippen LogP contribution in [0.1, 0.15) is 49.4 Å². The van der Waals surface area contributed by atoms with E-state index in [2.05, 4.69) is 33.6 Å². The summed E-state index contributed by atoms with van der Waals surface area (Å²) in [6.07, 6.45) is 3.95. The quantitative estimate of drug-likeness (QED) is 0.456. The van der Waals surface area contributed by atoms with Crippen molar-refractivity contribution in [3.63, 3.8) is 0 Å². The van der Waals surface area contributed by atoms with Gasteiger partial charge in [0.2, 0.25) is 0 Å². The Kier molecular flexibility index (Phi) is 7.12. The summed E-state index contributed by atoms with van der Waals surface area (Å²) in [5.74, 6) is 0. The fraction of sp³-hybridized carbons (Fsp3) is 0.682. The van der Waals surface area contributed by atoms with Gasteiger partial charge >= 0.3 is 6.09 Å². The highest BCUT2D eigenvalue weighted by atomic mass is 127. The molecule has 156 valence electrons. The van der Waals surface area contributed by atoms with Crippen LogP contribution in [0.25, 0.3) is 0 Å². The van der Waals surface area contributed by atoms with Crippen LogP contribution in [0.3, 0.4) is 0 Å². The lowest BCUT2D eigenvalue weighted by Gasteiger charge is -2.35. The average Bonchev–Trinajstić information content (AvgIpc) is 2.85. The summed E-state index contributed by atoms with van der Waals surface area (Å²) in [5, 5.41) is 0. The van der Waals surface area contributed by atoms with Gasteiger partial charge in [-0.25, -0.2) is 4.79 Å². The number of alkyl halides is 1. The molecular weight excluding hydrogens is 467 g/mol. The third-order valence-corrected chi connectivity index (χ3v) is 6.28. The summed E-state index contributed by atoms with van der Waals surface area (Å²) in [6.45, 7) is 10.0. The standard InChI is InChI=1S/C22H33IN2O3/c1-22(2,3)28-21(26)25-10-7-16-14-17-6-5-9-24(12-13-27-4)20(17)19(15-23)18(16)8-11-25/h14H,5-13,15H2,1-4H3. The van der Waals surface area contributed by atoms with Gasteiger partial charge in [-0.2, -0.15) is 0 Å². The predicted molar refractivity (Wildman–Crippen MR) is 122 cm³/mol. The molecule has 1 aromatic rings. The summed E-state index contributed by atoms with van der Waals surface area (Å²) >= 11 is 2.50. The first kappa shape index (κ1) is 21.7. The molecule has 1 amide bonds. The van der Waals surface area contributed by atoms with Gasteiger partial charge in [-0.3, -0.25) is 0 Å². The second-order valence-corrected chi connectivity index (χ2v) is 9.45. The van der Waals surface area contributed by atoms with Gasteiger partial charge in [-0.15, -0.1) is 0 Å². The molecule has 2 aliphatic heterocycles. The number of fused-ring (bicyclic) bond motifs is 2. The minimum Gasteiger partial charge on any atom is -0.444 e. The van der Waals surface area contributed by atoms with Crippen LogP contribution < -0.4 is 4.90 Å². The smallest absolute Gasteiger partial charge is 0.410 e. The number of anilines is 1. The van der Waals surface area contributed by atoms with E-state index in [1.807, 2.05) is 25.7 Å². The van der Waals surface area contributed by atoms with Crippen molar-refractivity contribution in [3.8, 4) is 0 Å². The maximum absolute atomic E-state index is 12.6. The number of carbonyl (C=O) groups is 1. The van der Waals surface area contributed by atoms with Gasteiger partial charge < -0.3 is 19.3 Å². The fourth-order valence-corrected chi connectivity index (χ4v) is 5.10. The zero-order chi connectivity index (χ0) is 20.3.